The molecule has 1 aromatic rings. The second kappa shape index (κ2) is 8.19. The number of hydrogen-bond donors (Lipinski definition) is 2. The van der Waals surface area contributed by atoms with E-state index in [9.17, 15) is 9.90 Å². The smallest absolute Gasteiger partial charge is 0.258 e. The van der Waals surface area contributed by atoms with Crippen LogP contribution in [0, 0.1) is 11.3 Å². The number of aliphatic hydroxyl groups excluding tert-OH is 1. The number of nitriles is 1. The van der Waals surface area contributed by atoms with Gasteiger partial charge in [-0.1, -0.05) is 0 Å². The normalized spacial score (nSPS) is 24.9. The molecule has 0 saturated carbocycles. The van der Waals surface area contributed by atoms with Crippen molar-refractivity contribution in [2.24, 2.45) is 0 Å². The number of nitrogens with one attached hydrogen (secondary N) is 1. The summed E-state index contributed by atoms with van der Waals surface area (Å²) in [4.78, 5) is 18.1. The molecule has 0 aromatic carbocycles. The molecule has 2 rings (SSSR count). The van der Waals surface area contributed by atoms with Crippen LogP contribution in [0.15, 0.2) is 11.6 Å². The lowest BCUT2D eigenvalue weighted by atomic mass is 9.98. The van der Waals surface area contributed by atoms with Crippen molar-refractivity contribution in [1.29, 1.82) is 5.26 Å². The zero-order chi connectivity index (χ0) is 15.9. The number of ether oxygens (including phenoxy) is 1. The van der Waals surface area contributed by atoms with Crippen molar-refractivity contribution in [2.75, 3.05) is 25.5 Å². The maximum absolute atomic E-state index is 12.2. The summed E-state index contributed by atoms with van der Waals surface area (Å²) in [5.74, 6) is -0.363. The quantitative estimate of drug-likeness (QED) is 0.752. The first-order valence-electron chi connectivity index (χ1n) is 7.19. The molecule has 120 valence electrons. The number of amides is 1. The minimum absolute atomic E-state index is 0.0865. The zero-order valence-electron chi connectivity index (χ0n) is 12.4. The highest BCUT2D eigenvalue weighted by Gasteiger charge is 2.35. The van der Waals surface area contributed by atoms with Gasteiger partial charge in [-0.05, 0) is 26.3 Å². The van der Waals surface area contributed by atoms with Crippen LogP contribution in [-0.4, -0.2) is 59.3 Å². The first kappa shape index (κ1) is 16.8. The fraction of sp³-hybridized carbons (Fsp3) is 0.643. The van der Waals surface area contributed by atoms with E-state index in [1.807, 2.05) is 11.9 Å². The predicted octanol–water partition coefficient (Wildman–Crippen LogP) is 0.836. The number of aromatic nitrogens is 1. The van der Waals surface area contributed by atoms with Gasteiger partial charge in [-0.2, -0.15) is 5.26 Å². The van der Waals surface area contributed by atoms with Crippen LogP contribution in [-0.2, 0) is 9.53 Å². The Bertz CT molecular complexity index is 517. The van der Waals surface area contributed by atoms with Gasteiger partial charge in [0, 0.05) is 18.1 Å². The van der Waals surface area contributed by atoms with Gasteiger partial charge in [-0.3, -0.25) is 15.0 Å². The van der Waals surface area contributed by atoms with Gasteiger partial charge in [0.15, 0.2) is 11.2 Å². The number of rotatable bonds is 6. The molecule has 1 saturated heterocycles. The first-order chi connectivity index (χ1) is 10.6. The van der Waals surface area contributed by atoms with Crippen LogP contribution in [0.2, 0.25) is 0 Å². The molecule has 8 heteroatoms. The molecule has 7 nitrogen and oxygen atoms in total. The Balaban J connectivity index is 1.85. The lowest BCUT2D eigenvalue weighted by Crippen LogP contribution is -2.47. The van der Waals surface area contributed by atoms with Gasteiger partial charge in [0.1, 0.15) is 0 Å². The summed E-state index contributed by atoms with van der Waals surface area (Å²) in [6.45, 7) is 1.08. The second-order valence-electron chi connectivity index (χ2n) is 5.33. The molecule has 0 radical (unpaired) electrons. The number of nitrogens with zero attached hydrogens (tertiary/aromatic N) is 3. The highest BCUT2D eigenvalue weighted by molar-refractivity contribution is 7.13. The van der Waals surface area contributed by atoms with E-state index in [0.717, 1.165) is 13.0 Å². The van der Waals surface area contributed by atoms with E-state index in [2.05, 4.69) is 16.4 Å². The molecule has 0 unspecified atom stereocenters. The van der Waals surface area contributed by atoms with E-state index < -0.39 is 12.2 Å². The van der Waals surface area contributed by atoms with Gasteiger partial charge in [0.2, 0.25) is 0 Å². The maximum Gasteiger partial charge on any atom is 0.258 e. The Morgan fingerprint density at radius 2 is 2.50 bits per heavy atom. The standard InChI is InChI=1S/C14H20N4O3S/c1-18(8-5-15)7-4-10-2-3-11(19)12(21-10)13(20)17-14-16-6-9-22-14/h6,9-12,19H,2-4,7-8H2,1H3,(H,16,17,20)/t10-,11+,12+/m1/s1. The number of hydrogen-bond acceptors (Lipinski definition) is 7. The van der Waals surface area contributed by atoms with Crippen molar-refractivity contribution < 1.29 is 14.6 Å². The molecular weight excluding hydrogens is 304 g/mol. The summed E-state index contributed by atoms with van der Waals surface area (Å²) in [7, 11) is 1.87. The van der Waals surface area contributed by atoms with Crippen LogP contribution in [0.3, 0.4) is 0 Å². The first-order valence-corrected chi connectivity index (χ1v) is 8.07. The van der Waals surface area contributed by atoms with Crippen molar-refractivity contribution in [1.82, 2.24) is 9.88 Å². The fourth-order valence-electron chi connectivity index (χ4n) is 2.35. The van der Waals surface area contributed by atoms with Gasteiger partial charge < -0.3 is 9.84 Å². The number of thiazole rings is 1. The summed E-state index contributed by atoms with van der Waals surface area (Å²) in [5, 5.41) is 23.5. The minimum atomic E-state index is -0.871. The molecule has 1 fully saturated rings. The van der Waals surface area contributed by atoms with E-state index in [4.69, 9.17) is 10.00 Å². The molecule has 0 spiro atoms. The summed E-state index contributed by atoms with van der Waals surface area (Å²) in [6, 6.07) is 2.09. The van der Waals surface area contributed by atoms with Gasteiger partial charge >= 0.3 is 0 Å². The van der Waals surface area contributed by atoms with Crippen molar-refractivity contribution in [3.8, 4) is 6.07 Å². The van der Waals surface area contributed by atoms with Crippen molar-refractivity contribution in [3.05, 3.63) is 11.6 Å². The average Bonchev–Trinajstić information content (AvgIpc) is 2.99. The lowest BCUT2D eigenvalue weighted by Gasteiger charge is -2.33. The Hall–Kier alpha value is -1.53. The molecule has 1 amide bonds. The molecule has 1 aromatic heterocycles. The molecule has 2 N–H and O–H groups in total. The van der Waals surface area contributed by atoms with E-state index >= 15 is 0 Å². The Morgan fingerprint density at radius 3 is 3.18 bits per heavy atom. The third-order valence-corrected chi connectivity index (χ3v) is 4.26. The van der Waals surface area contributed by atoms with Crippen molar-refractivity contribution in [2.45, 2.75) is 37.6 Å². The Kier molecular flexibility index (Phi) is 6.27. The average molecular weight is 324 g/mol. The number of anilines is 1. The molecule has 22 heavy (non-hydrogen) atoms. The molecule has 0 aliphatic carbocycles. The fourth-order valence-corrected chi connectivity index (χ4v) is 2.88. The van der Waals surface area contributed by atoms with Gasteiger partial charge in [0.25, 0.3) is 5.91 Å². The van der Waals surface area contributed by atoms with Crippen molar-refractivity contribution >= 4 is 22.4 Å². The number of carbonyl (C=O) groups is 1. The summed E-state index contributed by atoms with van der Waals surface area (Å²) in [5.41, 5.74) is 0. The predicted molar refractivity (Wildman–Crippen MR) is 82.4 cm³/mol. The van der Waals surface area contributed by atoms with Crippen LogP contribution >= 0.6 is 11.3 Å². The Morgan fingerprint density at radius 1 is 1.68 bits per heavy atom. The SMILES string of the molecule is CN(CC#N)CC[C@H]1CC[C@H](O)[C@@H](C(=O)Nc2nccs2)O1. The molecule has 2 heterocycles. The van der Waals surface area contributed by atoms with Gasteiger partial charge in [-0.15, -0.1) is 11.3 Å². The van der Waals surface area contributed by atoms with E-state index in [1.54, 1.807) is 11.6 Å². The van der Waals surface area contributed by atoms with Crippen LogP contribution in [0.1, 0.15) is 19.3 Å². The third-order valence-electron chi connectivity index (χ3n) is 3.57. The van der Waals surface area contributed by atoms with E-state index in [1.165, 1.54) is 11.3 Å². The highest BCUT2D eigenvalue weighted by atomic mass is 32.1. The zero-order valence-corrected chi connectivity index (χ0v) is 13.3. The van der Waals surface area contributed by atoms with E-state index in [0.29, 0.717) is 24.5 Å². The largest absolute Gasteiger partial charge is 0.390 e. The van der Waals surface area contributed by atoms with Crippen LogP contribution in [0.25, 0.3) is 0 Å². The van der Waals surface area contributed by atoms with Crippen LogP contribution in [0.4, 0.5) is 5.13 Å². The monoisotopic (exact) mass is 324 g/mol. The number of aliphatic hydroxyl groups is 1. The summed E-state index contributed by atoms with van der Waals surface area (Å²) >= 11 is 1.32. The second-order valence-corrected chi connectivity index (χ2v) is 6.23. The molecule has 1 aliphatic heterocycles. The summed E-state index contributed by atoms with van der Waals surface area (Å²) in [6.07, 6.45) is 1.82. The maximum atomic E-state index is 12.2. The Labute approximate surface area is 133 Å². The molecular formula is C14H20N4O3S. The summed E-state index contributed by atoms with van der Waals surface area (Å²) < 4.78 is 5.74. The number of carbonyl (C=O) groups excluding carboxylic acids is 1. The van der Waals surface area contributed by atoms with Crippen LogP contribution in [0.5, 0.6) is 0 Å². The van der Waals surface area contributed by atoms with Gasteiger partial charge in [0.05, 0.1) is 24.8 Å². The highest BCUT2D eigenvalue weighted by Crippen LogP contribution is 2.23. The molecule has 3 atom stereocenters. The lowest BCUT2D eigenvalue weighted by molar-refractivity contribution is -0.153. The van der Waals surface area contributed by atoms with Crippen LogP contribution < -0.4 is 5.32 Å². The van der Waals surface area contributed by atoms with Crippen molar-refractivity contribution in [3.63, 3.8) is 0 Å². The third kappa shape index (κ3) is 4.74. The topological polar surface area (TPSA) is 98.5 Å². The molecule has 1 aliphatic rings. The minimum Gasteiger partial charge on any atom is -0.390 e. The van der Waals surface area contributed by atoms with Gasteiger partial charge in [-0.25, -0.2) is 4.98 Å². The molecule has 0 bridgehead atoms. The van der Waals surface area contributed by atoms with E-state index in [-0.39, 0.29) is 12.0 Å².